The summed E-state index contributed by atoms with van der Waals surface area (Å²) in [6.07, 6.45) is 1.75. The van der Waals surface area contributed by atoms with Crippen LogP contribution < -0.4 is 24.8 Å². The van der Waals surface area contributed by atoms with E-state index in [9.17, 15) is 4.79 Å². The molecule has 0 aliphatic rings. The maximum absolute atomic E-state index is 12.9. The largest absolute Gasteiger partial charge is 0.497 e. The number of nitrogens with two attached hydrogens (primary N) is 1. The molecule has 0 atom stereocenters. The van der Waals surface area contributed by atoms with Crippen LogP contribution in [0, 0.1) is 0 Å². The van der Waals surface area contributed by atoms with Gasteiger partial charge in [0.25, 0.3) is 0 Å². The average Bonchev–Trinajstić information content (AvgIpc) is 2.65. The van der Waals surface area contributed by atoms with Crippen molar-refractivity contribution in [1.82, 2.24) is 0 Å². The van der Waals surface area contributed by atoms with Crippen molar-refractivity contribution < 1.29 is 19.0 Å². The molecular weight excluding hydrogens is 344 g/mol. The predicted octanol–water partition coefficient (Wildman–Crippen LogP) is 3.65. The van der Waals surface area contributed by atoms with Crippen molar-refractivity contribution in [2.24, 2.45) is 0 Å². The fourth-order valence-corrected chi connectivity index (χ4v) is 2.82. The van der Waals surface area contributed by atoms with E-state index in [1.165, 1.54) is 0 Å². The third-order valence-corrected chi connectivity index (χ3v) is 4.22. The highest BCUT2D eigenvalue weighted by molar-refractivity contribution is 6.11. The molecule has 0 fully saturated rings. The van der Waals surface area contributed by atoms with Gasteiger partial charge in [-0.25, -0.2) is 0 Å². The first-order valence-electron chi connectivity index (χ1n) is 8.42. The smallest absolute Gasteiger partial charge is 0.188 e. The molecule has 0 aromatic heterocycles. The molecule has 0 unspecified atom stereocenters. The van der Waals surface area contributed by atoms with Gasteiger partial charge in [-0.1, -0.05) is 0 Å². The maximum atomic E-state index is 12.9. The minimum absolute atomic E-state index is 0.115. The zero-order valence-electron chi connectivity index (χ0n) is 16.6. The lowest BCUT2D eigenvalue weighted by Crippen LogP contribution is -2.12. The summed E-state index contributed by atoms with van der Waals surface area (Å²) in [5.74, 6) is 1.56. The highest BCUT2D eigenvalue weighted by Crippen LogP contribution is 2.37. The molecule has 6 heteroatoms. The molecule has 0 aliphatic carbocycles. The minimum atomic E-state index is -0.115. The minimum Gasteiger partial charge on any atom is -0.497 e. The Morgan fingerprint density at radius 1 is 1.04 bits per heavy atom. The Balaban J connectivity index is 2.45. The lowest BCUT2D eigenvalue weighted by molar-refractivity contribution is 0.103. The number of benzene rings is 2. The Kier molecular flexibility index (Phi) is 6.34. The summed E-state index contributed by atoms with van der Waals surface area (Å²) >= 11 is 0. The molecule has 6 nitrogen and oxygen atoms in total. The van der Waals surface area contributed by atoms with Crippen LogP contribution in [0.3, 0.4) is 0 Å². The summed E-state index contributed by atoms with van der Waals surface area (Å²) in [5.41, 5.74) is 9.25. The zero-order chi connectivity index (χ0) is 20.1. The topological polar surface area (TPSA) is 74.0 Å². The van der Waals surface area contributed by atoms with Gasteiger partial charge in [-0.2, -0.15) is 0 Å². The van der Waals surface area contributed by atoms with E-state index in [-0.39, 0.29) is 5.78 Å². The van der Waals surface area contributed by atoms with Gasteiger partial charge in [-0.15, -0.1) is 0 Å². The molecule has 0 amide bonds. The summed E-state index contributed by atoms with van der Waals surface area (Å²) in [5, 5.41) is 0. The zero-order valence-corrected chi connectivity index (χ0v) is 16.6. The number of methoxy groups -OCH3 is 3. The van der Waals surface area contributed by atoms with Crippen LogP contribution in [0.25, 0.3) is 6.08 Å². The van der Waals surface area contributed by atoms with E-state index in [0.717, 1.165) is 5.69 Å². The molecular formula is C21H26N2O4. The van der Waals surface area contributed by atoms with Gasteiger partial charge in [0.05, 0.1) is 32.7 Å². The Morgan fingerprint density at radius 3 is 2.26 bits per heavy atom. The number of carbonyl (C=O) groups excluding carboxylic acids is 1. The van der Waals surface area contributed by atoms with E-state index in [4.69, 9.17) is 19.9 Å². The molecule has 0 saturated heterocycles. The summed E-state index contributed by atoms with van der Waals surface area (Å²) in [6, 6.07) is 8.83. The van der Waals surface area contributed by atoms with Crippen LogP contribution in [0.4, 0.5) is 11.4 Å². The molecule has 2 aromatic carbocycles. The highest BCUT2D eigenvalue weighted by atomic mass is 16.5. The number of ketones is 1. The lowest BCUT2D eigenvalue weighted by atomic mass is 10.0. The maximum Gasteiger partial charge on any atom is 0.188 e. The van der Waals surface area contributed by atoms with Gasteiger partial charge in [-0.05, 0) is 42.8 Å². The van der Waals surface area contributed by atoms with Gasteiger partial charge < -0.3 is 24.8 Å². The van der Waals surface area contributed by atoms with Crippen molar-refractivity contribution in [3.63, 3.8) is 0 Å². The molecule has 0 saturated carbocycles. The molecule has 0 radical (unpaired) electrons. The summed E-state index contributed by atoms with van der Waals surface area (Å²) < 4.78 is 16.1. The van der Waals surface area contributed by atoms with E-state index in [1.54, 1.807) is 58.6 Å². The number of ether oxygens (including phenoxy) is 3. The SMILES string of the molecule is COc1cc(/C=C(\C)C(=O)c2ccc(N(C)C)c(N)c2)c(OC)c(OC)c1. The monoisotopic (exact) mass is 370 g/mol. The van der Waals surface area contributed by atoms with Gasteiger partial charge in [0, 0.05) is 31.3 Å². The number of rotatable bonds is 7. The number of hydrogen-bond acceptors (Lipinski definition) is 6. The number of anilines is 2. The summed E-state index contributed by atoms with van der Waals surface area (Å²) in [7, 11) is 8.49. The van der Waals surface area contributed by atoms with Gasteiger partial charge in [0.15, 0.2) is 17.3 Å². The second kappa shape index (κ2) is 8.49. The van der Waals surface area contributed by atoms with E-state index < -0.39 is 0 Å². The molecule has 2 rings (SSSR count). The van der Waals surface area contributed by atoms with E-state index in [0.29, 0.717) is 39.6 Å². The number of allylic oxidation sites excluding steroid dienone is 1. The van der Waals surface area contributed by atoms with Crippen molar-refractivity contribution in [3.8, 4) is 17.2 Å². The van der Waals surface area contributed by atoms with E-state index in [2.05, 4.69) is 0 Å². The number of carbonyl (C=O) groups is 1. The average molecular weight is 370 g/mol. The molecule has 27 heavy (non-hydrogen) atoms. The van der Waals surface area contributed by atoms with Crippen molar-refractivity contribution in [3.05, 3.63) is 47.0 Å². The third kappa shape index (κ3) is 4.34. The van der Waals surface area contributed by atoms with Crippen LogP contribution in [0.5, 0.6) is 17.2 Å². The standard InChI is InChI=1S/C21H26N2O4/c1-13(20(24)14-7-8-18(23(2)3)17(22)11-14)9-15-10-16(25-4)12-19(26-5)21(15)27-6/h7-12H,22H2,1-6H3/b13-9+. The highest BCUT2D eigenvalue weighted by Gasteiger charge is 2.15. The third-order valence-electron chi connectivity index (χ3n) is 4.22. The molecule has 0 spiro atoms. The molecule has 2 N–H and O–H groups in total. The van der Waals surface area contributed by atoms with Crippen LogP contribution >= 0.6 is 0 Å². The summed E-state index contributed by atoms with van der Waals surface area (Å²) in [4.78, 5) is 14.8. The first-order valence-corrected chi connectivity index (χ1v) is 8.42. The first-order chi connectivity index (χ1) is 12.8. The van der Waals surface area contributed by atoms with Crippen molar-refractivity contribution >= 4 is 23.2 Å². The Labute approximate surface area is 160 Å². The van der Waals surface area contributed by atoms with Crippen molar-refractivity contribution in [2.45, 2.75) is 6.92 Å². The van der Waals surface area contributed by atoms with Gasteiger partial charge in [0.2, 0.25) is 0 Å². The fourth-order valence-electron chi connectivity index (χ4n) is 2.82. The van der Waals surface area contributed by atoms with Crippen LogP contribution in [-0.4, -0.2) is 41.2 Å². The van der Waals surface area contributed by atoms with Crippen molar-refractivity contribution in [1.29, 1.82) is 0 Å². The normalized spacial score (nSPS) is 11.1. The molecule has 0 aliphatic heterocycles. The van der Waals surface area contributed by atoms with Crippen LogP contribution in [0.2, 0.25) is 0 Å². The second-order valence-corrected chi connectivity index (χ2v) is 6.28. The summed E-state index contributed by atoms with van der Waals surface area (Å²) in [6.45, 7) is 1.75. The lowest BCUT2D eigenvalue weighted by Gasteiger charge is -2.16. The molecule has 0 bridgehead atoms. The molecule has 144 valence electrons. The van der Waals surface area contributed by atoms with E-state index >= 15 is 0 Å². The fraction of sp³-hybridized carbons (Fsp3) is 0.286. The number of Topliss-reactive ketones (excluding diaryl/α,β-unsaturated/α-hetero) is 1. The van der Waals surface area contributed by atoms with Gasteiger partial charge >= 0.3 is 0 Å². The first kappa shape index (κ1) is 20.2. The Bertz CT molecular complexity index is 873. The number of hydrogen-bond donors (Lipinski definition) is 1. The second-order valence-electron chi connectivity index (χ2n) is 6.28. The van der Waals surface area contributed by atoms with E-state index in [1.807, 2.05) is 25.1 Å². The predicted molar refractivity (Wildman–Crippen MR) is 109 cm³/mol. The molecule has 0 heterocycles. The quantitative estimate of drug-likeness (QED) is 0.456. The Morgan fingerprint density at radius 2 is 1.74 bits per heavy atom. The van der Waals surface area contributed by atoms with Crippen molar-refractivity contribution in [2.75, 3.05) is 46.1 Å². The molecule has 2 aromatic rings. The number of nitrogen functional groups attached to an aromatic ring is 1. The Hall–Kier alpha value is -3.15. The number of nitrogens with zero attached hydrogens (tertiary/aromatic N) is 1. The van der Waals surface area contributed by atoms with Crippen LogP contribution in [-0.2, 0) is 0 Å². The van der Waals surface area contributed by atoms with Gasteiger partial charge in [0.1, 0.15) is 5.75 Å². The van der Waals surface area contributed by atoms with Crippen LogP contribution in [0.15, 0.2) is 35.9 Å². The van der Waals surface area contributed by atoms with Gasteiger partial charge in [-0.3, -0.25) is 4.79 Å². The van der Waals surface area contributed by atoms with Crippen LogP contribution in [0.1, 0.15) is 22.8 Å².